The predicted octanol–water partition coefficient (Wildman–Crippen LogP) is 3.31. The summed E-state index contributed by atoms with van der Waals surface area (Å²) in [6.45, 7) is 0. The van der Waals surface area contributed by atoms with Gasteiger partial charge in [0.2, 0.25) is 5.91 Å². The summed E-state index contributed by atoms with van der Waals surface area (Å²) in [6, 6.07) is 17.3. The minimum atomic E-state index is -0.495. The number of benzene rings is 2. The summed E-state index contributed by atoms with van der Waals surface area (Å²) in [7, 11) is 0. The van der Waals surface area contributed by atoms with Crippen LogP contribution in [0.2, 0.25) is 0 Å². The number of carbonyl (C=O) groups excluding carboxylic acids is 1. The van der Waals surface area contributed by atoms with Gasteiger partial charge in [-0.2, -0.15) is 0 Å². The van der Waals surface area contributed by atoms with Crippen LogP contribution in [-0.2, 0) is 11.2 Å². The van der Waals surface area contributed by atoms with Crippen LogP contribution in [0.3, 0.4) is 0 Å². The maximum Gasteiger partial charge on any atom is 0.241 e. The summed E-state index contributed by atoms with van der Waals surface area (Å²) in [6.07, 6.45) is 3.46. The molecule has 0 aromatic heterocycles. The van der Waals surface area contributed by atoms with Crippen molar-refractivity contribution in [1.82, 2.24) is 0 Å². The summed E-state index contributed by atoms with van der Waals surface area (Å²) in [5, 5.41) is 2.86. The molecule has 0 saturated heterocycles. The third kappa shape index (κ3) is 4.92. The van der Waals surface area contributed by atoms with E-state index in [1.807, 2.05) is 60.9 Å². The number of amides is 1. The molecule has 0 spiro atoms. The molecule has 0 aliphatic heterocycles. The lowest BCUT2D eigenvalue weighted by molar-refractivity contribution is -0.117. The third-order valence-corrected chi connectivity index (χ3v) is 4.02. The van der Waals surface area contributed by atoms with Crippen molar-refractivity contribution in [1.29, 1.82) is 0 Å². The molecule has 3 N–H and O–H groups in total. The molecule has 0 radical (unpaired) electrons. The Morgan fingerprint density at radius 3 is 2.43 bits per heavy atom. The van der Waals surface area contributed by atoms with Gasteiger partial charge in [0.15, 0.2) is 0 Å². The number of nitrogens with one attached hydrogen (secondary N) is 1. The minimum absolute atomic E-state index is 0.136. The van der Waals surface area contributed by atoms with Crippen LogP contribution in [0.1, 0.15) is 12.0 Å². The van der Waals surface area contributed by atoms with Crippen LogP contribution in [0.15, 0.2) is 59.5 Å². The van der Waals surface area contributed by atoms with Crippen LogP contribution >= 0.6 is 11.8 Å². The number of hydrogen-bond acceptors (Lipinski definition) is 3. The lowest BCUT2D eigenvalue weighted by Crippen LogP contribution is -2.36. The summed E-state index contributed by atoms with van der Waals surface area (Å²) in [5.74, 6) is -0.136. The number of aryl methyl sites for hydroxylation is 1. The van der Waals surface area contributed by atoms with Crippen molar-refractivity contribution in [2.75, 3.05) is 11.6 Å². The molecular formula is C17H20N2OS. The number of thioether (sulfide) groups is 1. The second-order valence-electron chi connectivity index (χ2n) is 4.85. The Morgan fingerprint density at radius 2 is 1.81 bits per heavy atom. The average molecular weight is 300 g/mol. The van der Waals surface area contributed by atoms with Gasteiger partial charge in [0.25, 0.3) is 0 Å². The molecule has 2 rings (SSSR count). The molecular weight excluding hydrogens is 280 g/mol. The van der Waals surface area contributed by atoms with E-state index in [4.69, 9.17) is 5.73 Å². The fraction of sp³-hybridized carbons (Fsp3) is 0.235. The summed E-state index contributed by atoms with van der Waals surface area (Å²) in [4.78, 5) is 13.2. The van der Waals surface area contributed by atoms with E-state index in [2.05, 4.69) is 5.32 Å². The molecule has 110 valence electrons. The monoisotopic (exact) mass is 300 g/mol. The van der Waals surface area contributed by atoms with E-state index < -0.39 is 6.04 Å². The van der Waals surface area contributed by atoms with Gasteiger partial charge in [-0.15, -0.1) is 11.8 Å². The van der Waals surface area contributed by atoms with Crippen LogP contribution < -0.4 is 11.1 Å². The number of rotatable bonds is 6. The highest BCUT2D eigenvalue weighted by molar-refractivity contribution is 7.98. The van der Waals surface area contributed by atoms with Crippen LogP contribution in [0, 0.1) is 0 Å². The molecule has 1 unspecified atom stereocenters. The van der Waals surface area contributed by atoms with Crippen molar-refractivity contribution in [3.05, 3.63) is 60.2 Å². The van der Waals surface area contributed by atoms with Gasteiger partial charge in [-0.25, -0.2) is 0 Å². The highest BCUT2D eigenvalue weighted by atomic mass is 32.2. The molecule has 21 heavy (non-hydrogen) atoms. The molecule has 0 fully saturated rings. The van der Waals surface area contributed by atoms with Crippen molar-refractivity contribution in [3.8, 4) is 0 Å². The van der Waals surface area contributed by atoms with Crippen molar-refractivity contribution in [2.24, 2.45) is 5.73 Å². The quantitative estimate of drug-likeness (QED) is 0.805. The second kappa shape index (κ2) is 7.86. The van der Waals surface area contributed by atoms with Crippen LogP contribution in [0.25, 0.3) is 0 Å². The fourth-order valence-electron chi connectivity index (χ4n) is 2.01. The highest BCUT2D eigenvalue weighted by Gasteiger charge is 2.13. The van der Waals surface area contributed by atoms with Gasteiger partial charge < -0.3 is 11.1 Å². The first-order valence-electron chi connectivity index (χ1n) is 6.93. The molecule has 0 aliphatic carbocycles. The van der Waals surface area contributed by atoms with Gasteiger partial charge in [0, 0.05) is 10.6 Å². The van der Waals surface area contributed by atoms with Crippen LogP contribution in [0.5, 0.6) is 0 Å². The zero-order chi connectivity index (χ0) is 15.1. The average Bonchev–Trinajstić information content (AvgIpc) is 2.54. The van der Waals surface area contributed by atoms with Crippen LogP contribution in [-0.4, -0.2) is 18.2 Å². The van der Waals surface area contributed by atoms with E-state index in [9.17, 15) is 4.79 Å². The molecule has 4 heteroatoms. The zero-order valence-corrected chi connectivity index (χ0v) is 12.9. The van der Waals surface area contributed by atoms with E-state index in [0.717, 1.165) is 12.1 Å². The molecule has 0 aliphatic rings. The first kappa shape index (κ1) is 15.6. The summed E-state index contributed by atoms with van der Waals surface area (Å²) < 4.78 is 0. The first-order valence-corrected chi connectivity index (χ1v) is 8.16. The van der Waals surface area contributed by atoms with Crippen molar-refractivity contribution in [3.63, 3.8) is 0 Å². The third-order valence-electron chi connectivity index (χ3n) is 3.28. The molecule has 0 heterocycles. The maximum atomic E-state index is 12.0. The number of nitrogens with two attached hydrogens (primary N) is 1. The first-order chi connectivity index (χ1) is 10.2. The molecule has 3 nitrogen and oxygen atoms in total. The lowest BCUT2D eigenvalue weighted by Gasteiger charge is -2.12. The number of hydrogen-bond donors (Lipinski definition) is 2. The van der Waals surface area contributed by atoms with Crippen molar-refractivity contribution < 1.29 is 4.79 Å². The standard InChI is InChI=1S/C17H20N2OS/c1-21-15-10-8-14(9-11-15)19-17(20)16(18)12-7-13-5-3-2-4-6-13/h2-6,8-11,16H,7,12,18H2,1H3,(H,19,20). The molecule has 2 aromatic rings. The van der Waals surface area contributed by atoms with E-state index in [-0.39, 0.29) is 5.91 Å². The van der Waals surface area contributed by atoms with Crippen molar-refractivity contribution >= 4 is 23.4 Å². The largest absolute Gasteiger partial charge is 0.325 e. The SMILES string of the molecule is CSc1ccc(NC(=O)C(N)CCc2ccccc2)cc1. The predicted molar refractivity (Wildman–Crippen MR) is 89.6 cm³/mol. The van der Waals surface area contributed by atoms with Gasteiger partial charge in [-0.1, -0.05) is 30.3 Å². The second-order valence-corrected chi connectivity index (χ2v) is 5.73. The fourth-order valence-corrected chi connectivity index (χ4v) is 2.42. The Bertz CT molecular complexity index is 569. The van der Waals surface area contributed by atoms with Gasteiger partial charge in [-0.05, 0) is 48.9 Å². The summed E-state index contributed by atoms with van der Waals surface area (Å²) in [5.41, 5.74) is 7.94. The van der Waals surface area contributed by atoms with Gasteiger partial charge >= 0.3 is 0 Å². The Kier molecular flexibility index (Phi) is 5.84. The maximum absolute atomic E-state index is 12.0. The zero-order valence-electron chi connectivity index (χ0n) is 12.1. The minimum Gasteiger partial charge on any atom is -0.325 e. The molecule has 0 saturated carbocycles. The van der Waals surface area contributed by atoms with Crippen LogP contribution in [0.4, 0.5) is 5.69 Å². The smallest absolute Gasteiger partial charge is 0.241 e. The number of carbonyl (C=O) groups is 1. The van der Waals surface area contributed by atoms with Crippen molar-refractivity contribution in [2.45, 2.75) is 23.8 Å². The summed E-state index contributed by atoms with van der Waals surface area (Å²) >= 11 is 1.67. The molecule has 2 aromatic carbocycles. The van der Waals surface area contributed by atoms with Gasteiger partial charge in [0.05, 0.1) is 6.04 Å². The molecule has 0 bridgehead atoms. The molecule has 1 amide bonds. The van der Waals surface area contributed by atoms with E-state index in [0.29, 0.717) is 6.42 Å². The highest BCUT2D eigenvalue weighted by Crippen LogP contribution is 2.17. The topological polar surface area (TPSA) is 55.1 Å². The van der Waals surface area contributed by atoms with E-state index in [1.54, 1.807) is 11.8 Å². The normalized spacial score (nSPS) is 11.9. The Hall–Kier alpha value is -1.78. The Balaban J connectivity index is 1.84. The van der Waals surface area contributed by atoms with E-state index in [1.165, 1.54) is 10.5 Å². The Labute approximate surface area is 129 Å². The van der Waals surface area contributed by atoms with Gasteiger partial charge in [-0.3, -0.25) is 4.79 Å². The molecule has 1 atom stereocenters. The lowest BCUT2D eigenvalue weighted by atomic mass is 10.1. The van der Waals surface area contributed by atoms with E-state index >= 15 is 0 Å². The van der Waals surface area contributed by atoms with Gasteiger partial charge in [0.1, 0.15) is 0 Å². The number of anilines is 1. The Morgan fingerprint density at radius 1 is 1.14 bits per heavy atom.